The largest absolute Gasteiger partial charge is 0.378 e. The Morgan fingerprint density at radius 3 is 2.89 bits per heavy atom. The monoisotopic (exact) mass is 260 g/mol. The van der Waals surface area contributed by atoms with E-state index in [0.29, 0.717) is 12.3 Å². The molecule has 2 rings (SSSR count). The van der Waals surface area contributed by atoms with Gasteiger partial charge in [0.2, 0.25) is 5.91 Å². The number of carbonyl (C=O) groups excluding carboxylic acids is 1. The highest BCUT2D eigenvalue weighted by molar-refractivity contribution is 5.77. The van der Waals surface area contributed by atoms with E-state index in [-0.39, 0.29) is 6.04 Å². The van der Waals surface area contributed by atoms with Crippen LogP contribution in [0.25, 0.3) is 0 Å². The molecule has 1 saturated heterocycles. The number of hydrogen-bond donors (Lipinski definition) is 0. The summed E-state index contributed by atoms with van der Waals surface area (Å²) in [5, 5.41) is 0. The minimum atomic E-state index is 0.277. The summed E-state index contributed by atoms with van der Waals surface area (Å²) < 4.78 is 0. The first-order valence-corrected chi connectivity index (χ1v) is 7.20. The number of amides is 1. The second kappa shape index (κ2) is 6.09. The predicted octanol–water partition coefficient (Wildman–Crippen LogP) is 3.22. The van der Waals surface area contributed by atoms with Crippen molar-refractivity contribution in [3.8, 4) is 0 Å². The van der Waals surface area contributed by atoms with Crippen molar-refractivity contribution in [2.24, 2.45) is 0 Å². The van der Waals surface area contributed by atoms with E-state index in [4.69, 9.17) is 0 Å². The maximum absolute atomic E-state index is 12.2. The number of benzene rings is 1. The average molecular weight is 260 g/mol. The Hall–Kier alpha value is -1.51. The number of nitrogens with zero attached hydrogens (tertiary/aromatic N) is 2. The van der Waals surface area contributed by atoms with Gasteiger partial charge in [0.05, 0.1) is 6.04 Å². The van der Waals surface area contributed by atoms with Gasteiger partial charge in [0, 0.05) is 32.7 Å². The molecule has 0 spiro atoms. The molecule has 1 aromatic carbocycles. The van der Waals surface area contributed by atoms with Crippen molar-refractivity contribution in [3.63, 3.8) is 0 Å². The van der Waals surface area contributed by atoms with Crippen LogP contribution in [0.15, 0.2) is 24.3 Å². The first-order valence-electron chi connectivity index (χ1n) is 7.20. The molecule has 1 aliphatic rings. The highest BCUT2D eigenvalue weighted by atomic mass is 16.2. The van der Waals surface area contributed by atoms with Crippen molar-refractivity contribution >= 4 is 11.6 Å². The van der Waals surface area contributed by atoms with Crippen LogP contribution in [-0.4, -0.2) is 31.4 Å². The fourth-order valence-corrected chi connectivity index (χ4v) is 2.78. The van der Waals surface area contributed by atoms with Gasteiger partial charge in [-0.1, -0.05) is 19.1 Å². The summed E-state index contributed by atoms with van der Waals surface area (Å²) >= 11 is 0. The lowest BCUT2D eigenvalue weighted by Crippen LogP contribution is -2.30. The predicted molar refractivity (Wildman–Crippen MR) is 79.4 cm³/mol. The van der Waals surface area contributed by atoms with Gasteiger partial charge in [-0.05, 0) is 37.0 Å². The van der Waals surface area contributed by atoms with Crippen LogP contribution >= 0.6 is 0 Å². The molecular formula is C16H24N2O. The van der Waals surface area contributed by atoms with E-state index >= 15 is 0 Å². The van der Waals surface area contributed by atoms with Gasteiger partial charge in [0.1, 0.15) is 0 Å². The van der Waals surface area contributed by atoms with E-state index in [1.165, 1.54) is 11.3 Å². The van der Waals surface area contributed by atoms with Crippen LogP contribution in [0.1, 0.15) is 44.2 Å². The van der Waals surface area contributed by atoms with Crippen LogP contribution < -0.4 is 4.90 Å². The maximum Gasteiger partial charge on any atom is 0.223 e. The highest BCUT2D eigenvalue weighted by Crippen LogP contribution is 2.33. The molecular weight excluding hydrogens is 236 g/mol. The first-order chi connectivity index (χ1) is 9.13. The number of anilines is 1. The van der Waals surface area contributed by atoms with Gasteiger partial charge in [-0.2, -0.15) is 0 Å². The minimum absolute atomic E-state index is 0.277. The van der Waals surface area contributed by atoms with Crippen molar-refractivity contribution in [3.05, 3.63) is 29.8 Å². The van der Waals surface area contributed by atoms with Crippen molar-refractivity contribution in [1.82, 2.24) is 4.90 Å². The van der Waals surface area contributed by atoms with E-state index in [9.17, 15) is 4.79 Å². The molecule has 3 heteroatoms. The summed E-state index contributed by atoms with van der Waals surface area (Å²) in [6.45, 7) is 2.98. The average Bonchev–Trinajstić information content (AvgIpc) is 2.88. The third-order valence-corrected chi connectivity index (χ3v) is 3.81. The van der Waals surface area contributed by atoms with Gasteiger partial charge in [-0.15, -0.1) is 0 Å². The molecule has 0 saturated carbocycles. The molecule has 1 heterocycles. The van der Waals surface area contributed by atoms with Crippen molar-refractivity contribution in [1.29, 1.82) is 0 Å². The van der Waals surface area contributed by atoms with E-state index in [1.54, 1.807) is 0 Å². The Bertz CT molecular complexity index is 442. The number of rotatable bonds is 4. The lowest BCUT2D eigenvalue weighted by molar-refractivity contribution is -0.132. The molecule has 0 bridgehead atoms. The third kappa shape index (κ3) is 3.09. The van der Waals surface area contributed by atoms with Gasteiger partial charge < -0.3 is 9.80 Å². The zero-order chi connectivity index (χ0) is 13.8. The van der Waals surface area contributed by atoms with Crippen LogP contribution in [-0.2, 0) is 4.79 Å². The lowest BCUT2D eigenvalue weighted by Gasteiger charge is -2.26. The van der Waals surface area contributed by atoms with Gasteiger partial charge in [-0.25, -0.2) is 0 Å². The maximum atomic E-state index is 12.2. The van der Waals surface area contributed by atoms with E-state index in [0.717, 1.165) is 25.8 Å². The third-order valence-electron chi connectivity index (χ3n) is 3.81. The Kier molecular flexibility index (Phi) is 4.46. The van der Waals surface area contributed by atoms with Gasteiger partial charge in [0.15, 0.2) is 0 Å². The molecule has 1 amide bonds. The lowest BCUT2D eigenvalue weighted by atomic mass is 10.0. The van der Waals surface area contributed by atoms with Crippen LogP contribution in [0, 0.1) is 0 Å². The highest BCUT2D eigenvalue weighted by Gasteiger charge is 2.29. The SMILES string of the molecule is CCCC(=O)N1CCC[C@@H]1c1cccc(N(C)C)c1. The topological polar surface area (TPSA) is 23.6 Å². The van der Waals surface area contributed by atoms with E-state index in [2.05, 4.69) is 41.0 Å². The van der Waals surface area contributed by atoms with Crippen LogP contribution in [0.3, 0.4) is 0 Å². The first kappa shape index (κ1) is 13.9. The summed E-state index contributed by atoms with van der Waals surface area (Å²) in [4.78, 5) is 16.3. The van der Waals surface area contributed by atoms with Gasteiger partial charge >= 0.3 is 0 Å². The molecule has 0 N–H and O–H groups in total. The molecule has 1 atom stereocenters. The van der Waals surface area contributed by atoms with Crippen molar-refractivity contribution in [2.75, 3.05) is 25.5 Å². The Balaban J connectivity index is 2.20. The molecule has 1 aromatic rings. The second-order valence-electron chi connectivity index (χ2n) is 5.48. The number of carbonyl (C=O) groups is 1. The quantitative estimate of drug-likeness (QED) is 0.830. The Morgan fingerprint density at radius 1 is 1.42 bits per heavy atom. The van der Waals surface area contributed by atoms with Crippen molar-refractivity contribution < 1.29 is 4.79 Å². The molecule has 0 radical (unpaired) electrons. The molecule has 19 heavy (non-hydrogen) atoms. The standard InChI is InChI=1S/C16H24N2O/c1-4-7-16(19)18-11-6-10-15(18)13-8-5-9-14(12-13)17(2)3/h5,8-9,12,15H,4,6-7,10-11H2,1-3H3/t15-/m1/s1. The summed E-state index contributed by atoms with van der Waals surface area (Å²) in [5.74, 6) is 0.306. The number of likely N-dealkylation sites (tertiary alicyclic amines) is 1. The molecule has 1 aliphatic heterocycles. The van der Waals surface area contributed by atoms with Crippen LogP contribution in [0.2, 0.25) is 0 Å². The van der Waals surface area contributed by atoms with E-state index in [1.807, 2.05) is 14.1 Å². The summed E-state index contributed by atoms with van der Waals surface area (Å²) in [5.41, 5.74) is 2.47. The minimum Gasteiger partial charge on any atom is -0.378 e. The zero-order valence-corrected chi connectivity index (χ0v) is 12.2. The van der Waals surface area contributed by atoms with Crippen LogP contribution in [0.5, 0.6) is 0 Å². The Labute approximate surface area is 116 Å². The van der Waals surface area contributed by atoms with Crippen molar-refractivity contribution in [2.45, 2.75) is 38.6 Å². The molecule has 0 unspecified atom stereocenters. The summed E-state index contributed by atoms with van der Waals surface area (Å²) in [7, 11) is 4.10. The molecule has 3 nitrogen and oxygen atoms in total. The summed E-state index contributed by atoms with van der Waals surface area (Å²) in [6.07, 6.45) is 3.81. The summed E-state index contributed by atoms with van der Waals surface area (Å²) in [6, 6.07) is 8.83. The molecule has 104 valence electrons. The van der Waals surface area contributed by atoms with Gasteiger partial charge in [0.25, 0.3) is 0 Å². The van der Waals surface area contributed by atoms with Gasteiger partial charge in [-0.3, -0.25) is 4.79 Å². The molecule has 0 aliphatic carbocycles. The smallest absolute Gasteiger partial charge is 0.223 e. The fraction of sp³-hybridized carbons (Fsp3) is 0.562. The van der Waals surface area contributed by atoms with Crippen LogP contribution in [0.4, 0.5) is 5.69 Å². The van der Waals surface area contributed by atoms with E-state index < -0.39 is 0 Å². The Morgan fingerprint density at radius 2 is 2.21 bits per heavy atom. The zero-order valence-electron chi connectivity index (χ0n) is 12.2. The number of hydrogen-bond acceptors (Lipinski definition) is 2. The fourth-order valence-electron chi connectivity index (χ4n) is 2.78. The molecule has 0 aromatic heterocycles. The molecule has 1 fully saturated rings. The normalized spacial score (nSPS) is 18.7. The second-order valence-corrected chi connectivity index (χ2v) is 5.48.